The summed E-state index contributed by atoms with van der Waals surface area (Å²) in [6, 6.07) is 19.7. The number of rotatable bonds is 1. The summed E-state index contributed by atoms with van der Waals surface area (Å²) < 4.78 is 0. The average molecular weight is 270 g/mol. The van der Waals surface area contributed by atoms with Crippen molar-refractivity contribution in [3.63, 3.8) is 0 Å². The Hall–Kier alpha value is -2.26. The summed E-state index contributed by atoms with van der Waals surface area (Å²) in [5, 5.41) is 10.9. The van der Waals surface area contributed by atoms with E-state index in [0.29, 0.717) is 0 Å². The van der Waals surface area contributed by atoms with Crippen LogP contribution in [0.5, 0.6) is 0 Å². The maximum atomic E-state index is 6.06. The molecule has 0 atom stereocenters. The second-order valence-corrected chi connectivity index (χ2v) is 4.06. The van der Waals surface area contributed by atoms with Gasteiger partial charge in [-0.15, -0.1) is 10.2 Å². The summed E-state index contributed by atoms with van der Waals surface area (Å²) in [6.45, 7) is 0. The van der Waals surface area contributed by atoms with Gasteiger partial charge in [0.15, 0.2) is 0 Å². The van der Waals surface area contributed by atoms with Crippen LogP contribution in [0, 0.1) is 0 Å². The van der Waals surface area contributed by atoms with Crippen molar-refractivity contribution in [2.45, 2.75) is 0 Å². The highest BCUT2D eigenvalue weighted by atomic mass is 35.5. The molecule has 0 aliphatic carbocycles. The van der Waals surface area contributed by atoms with Crippen LogP contribution in [0.25, 0.3) is 11.1 Å². The van der Waals surface area contributed by atoms with Crippen molar-refractivity contribution in [2.24, 2.45) is 0 Å². The number of hydrogen-bond acceptors (Lipinski definition) is 3. The van der Waals surface area contributed by atoms with Crippen molar-refractivity contribution in [1.29, 1.82) is 0 Å². The molecule has 0 fully saturated rings. The van der Waals surface area contributed by atoms with Crippen LogP contribution in [-0.2, 0) is 0 Å². The second-order valence-electron chi connectivity index (χ2n) is 3.66. The molecule has 0 amide bonds. The number of hydrogen-bond donors (Lipinski definition) is 0. The first-order chi connectivity index (χ1) is 9.38. The fourth-order valence-corrected chi connectivity index (χ4v) is 1.76. The Balaban J connectivity index is 0.000000186. The van der Waals surface area contributed by atoms with E-state index in [1.165, 1.54) is 0 Å². The van der Waals surface area contributed by atoms with E-state index in [9.17, 15) is 0 Å². The van der Waals surface area contributed by atoms with Crippen molar-refractivity contribution in [1.82, 2.24) is 15.4 Å². The van der Waals surface area contributed by atoms with Crippen LogP contribution >= 0.6 is 11.6 Å². The fraction of sp³-hybridized carbons (Fsp3) is 0. The van der Waals surface area contributed by atoms with Gasteiger partial charge in [-0.2, -0.15) is 0 Å². The van der Waals surface area contributed by atoms with E-state index >= 15 is 0 Å². The number of nitrogens with zero attached hydrogens (tertiary/aromatic N) is 3. The van der Waals surface area contributed by atoms with Gasteiger partial charge in [0.2, 0.25) is 0 Å². The summed E-state index contributed by atoms with van der Waals surface area (Å²) in [6.07, 6.45) is 3.15. The lowest BCUT2D eigenvalue weighted by atomic mass is 10.1. The topological polar surface area (TPSA) is 38.7 Å². The molecule has 4 heteroatoms. The van der Waals surface area contributed by atoms with Gasteiger partial charge in [-0.3, -0.25) is 0 Å². The standard InChI is InChI=1S/C12H9Cl.C3H3N3/c13-12-9-5-4-8-11(12)10-6-2-1-3-7-10;1-2-4-6-5-3-1/h1-9H;1-3H. The zero-order chi connectivity index (χ0) is 13.3. The minimum absolute atomic E-state index is 0.800. The first-order valence-corrected chi connectivity index (χ1v) is 6.14. The van der Waals surface area contributed by atoms with Gasteiger partial charge in [-0.05, 0) is 22.9 Å². The second kappa shape index (κ2) is 7.24. The van der Waals surface area contributed by atoms with Crippen LogP contribution in [0.15, 0.2) is 73.1 Å². The third kappa shape index (κ3) is 4.16. The van der Waals surface area contributed by atoms with E-state index in [-0.39, 0.29) is 0 Å². The molecule has 0 aliphatic rings. The first kappa shape index (κ1) is 13.2. The van der Waals surface area contributed by atoms with Gasteiger partial charge in [0, 0.05) is 10.6 Å². The lowest BCUT2D eigenvalue weighted by Gasteiger charge is -2.02. The van der Waals surface area contributed by atoms with E-state index in [2.05, 4.69) is 27.5 Å². The minimum Gasteiger partial charge on any atom is -0.139 e. The van der Waals surface area contributed by atoms with Crippen LogP contribution in [0.1, 0.15) is 0 Å². The summed E-state index contributed by atoms with van der Waals surface area (Å²) >= 11 is 6.06. The molecule has 3 nitrogen and oxygen atoms in total. The minimum atomic E-state index is 0.800. The molecule has 2 aromatic carbocycles. The van der Waals surface area contributed by atoms with Crippen LogP contribution in [0.3, 0.4) is 0 Å². The van der Waals surface area contributed by atoms with E-state index in [1.807, 2.05) is 42.5 Å². The number of aromatic nitrogens is 3. The quantitative estimate of drug-likeness (QED) is 0.673. The summed E-state index contributed by atoms with van der Waals surface area (Å²) in [7, 11) is 0. The number of benzene rings is 2. The number of halogens is 1. The van der Waals surface area contributed by atoms with Crippen LogP contribution < -0.4 is 0 Å². The lowest BCUT2D eigenvalue weighted by molar-refractivity contribution is 0.865. The van der Waals surface area contributed by atoms with E-state index in [0.717, 1.165) is 16.1 Å². The highest BCUT2D eigenvalue weighted by molar-refractivity contribution is 6.33. The Morgan fingerprint density at radius 1 is 0.684 bits per heavy atom. The SMILES string of the molecule is Clc1ccccc1-c1ccccc1.c1cnnnc1. The summed E-state index contributed by atoms with van der Waals surface area (Å²) in [5.41, 5.74) is 2.25. The molecule has 0 radical (unpaired) electrons. The monoisotopic (exact) mass is 269 g/mol. The molecule has 0 unspecified atom stereocenters. The fourth-order valence-electron chi connectivity index (χ4n) is 1.52. The van der Waals surface area contributed by atoms with Gasteiger partial charge < -0.3 is 0 Å². The maximum Gasteiger partial charge on any atom is 0.0529 e. The van der Waals surface area contributed by atoms with Crippen molar-refractivity contribution in [3.05, 3.63) is 78.1 Å². The predicted molar refractivity (Wildman–Crippen MR) is 76.7 cm³/mol. The van der Waals surface area contributed by atoms with Crippen LogP contribution in [-0.4, -0.2) is 15.4 Å². The van der Waals surface area contributed by atoms with Crippen molar-refractivity contribution in [2.75, 3.05) is 0 Å². The highest BCUT2D eigenvalue weighted by Crippen LogP contribution is 2.26. The van der Waals surface area contributed by atoms with E-state index < -0.39 is 0 Å². The summed E-state index contributed by atoms with van der Waals surface area (Å²) in [5.74, 6) is 0. The lowest BCUT2D eigenvalue weighted by Crippen LogP contribution is -1.78. The average Bonchev–Trinajstić information content (AvgIpc) is 2.51. The van der Waals surface area contributed by atoms with Gasteiger partial charge in [-0.1, -0.05) is 60.1 Å². The zero-order valence-corrected chi connectivity index (χ0v) is 10.9. The smallest absolute Gasteiger partial charge is 0.0529 e. The molecule has 0 aliphatic heterocycles. The molecule has 0 bridgehead atoms. The largest absolute Gasteiger partial charge is 0.139 e. The first-order valence-electron chi connectivity index (χ1n) is 5.76. The Labute approximate surface area is 116 Å². The molecule has 1 aromatic heterocycles. The molecular formula is C15H12ClN3. The van der Waals surface area contributed by atoms with Gasteiger partial charge in [0.05, 0.1) is 12.4 Å². The Morgan fingerprint density at radius 3 is 1.84 bits per heavy atom. The third-order valence-corrected chi connectivity index (χ3v) is 2.70. The van der Waals surface area contributed by atoms with E-state index in [1.54, 1.807) is 18.5 Å². The molecule has 0 saturated heterocycles. The van der Waals surface area contributed by atoms with Crippen molar-refractivity contribution in [3.8, 4) is 11.1 Å². The van der Waals surface area contributed by atoms with Gasteiger partial charge in [0.25, 0.3) is 0 Å². The van der Waals surface area contributed by atoms with E-state index in [4.69, 9.17) is 11.6 Å². The highest BCUT2D eigenvalue weighted by Gasteiger charge is 1.99. The normalized spacial score (nSPS) is 9.32. The molecule has 0 spiro atoms. The van der Waals surface area contributed by atoms with Gasteiger partial charge >= 0.3 is 0 Å². The third-order valence-electron chi connectivity index (χ3n) is 2.37. The molecular weight excluding hydrogens is 258 g/mol. The predicted octanol–water partition coefficient (Wildman–Crippen LogP) is 3.88. The molecule has 3 rings (SSSR count). The summed E-state index contributed by atoms with van der Waals surface area (Å²) in [4.78, 5) is 0. The Kier molecular flexibility index (Phi) is 5.02. The Bertz CT molecular complexity index is 573. The molecule has 1 heterocycles. The van der Waals surface area contributed by atoms with Crippen LogP contribution in [0.4, 0.5) is 0 Å². The van der Waals surface area contributed by atoms with Crippen molar-refractivity contribution < 1.29 is 0 Å². The Morgan fingerprint density at radius 2 is 1.32 bits per heavy atom. The zero-order valence-electron chi connectivity index (χ0n) is 10.1. The van der Waals surface area contributed by atoms with Gasteiger partial charge in [-0.25, -0.2) is 0 Å². The van der Waals surface area contributed by atoms with Gasteiger partial charge in [0.1, 0.15) is 0 Å². The molecule has 19 heavy (non-hydrogen) atoms. The van der Waals surface area contributed by atoms with Crippen molar-refractivity contribution >= 4 is 11.6 Å². The maximum absolute atomic E-state index is 6.06. The molecule has 3 aromatic rings. The molecule has 0 N–H and O–H groups in total. The van der Waals surface area contributed by atoms with Crippen LogP contribution in [0.2, 0.25) is 5.02 Å². The molecule has 0 saturated carbocycles. The molecule has 94 valence electrons.